The van der Waals surface area contributed by atoms with Crippen LogP contribution in [0.4, 0.5) is 4.39 Å². The minimum atomic E-state index is -4.02. The van der Waals surface area contributed by atoms with Gasteiger partial charge in [0.15, 0.2) is 11.5 Å². The zero-order chi connectivity index (χ0) is 18.1. The predicted octanol–water partition coefficient (Wildman–Crippen LogP) is 2.47. The molecule has 4 rings (SSSR count). The predicted molar refractivity (Wildman–Crippen MR) is 94.5 cm³/mol. The maximum atomic E-state index is 13.8. The number of rotatable bonds is 5. The van der Waals surface area contributed by atoms with Crippen LogP contribution in [-0.4, -0.2) is 28.2 Å². The summed E-state index contributed by atoms with van der Waals surface area (Å²) in [6.45, 7) is -0.169. The van der Waals surface area contributed by atoms with E-state index in [9.17, 15) is 12.8 Å². The summed E-state index contributed by atoms with van der Waals surface area (Å²) in [6, 6.07) is 10.7. The molecule has 0 amide bonds. The fraction of sp³-hybridized carbons (Fsp3) is 0.0625. The molecule has 3 heterocycles. The monoisotopic (exact) mass is 389 g/mol. The van der Waals surface area contributed by atoms with Gasteiger partial charge in [0.05, 0.1) is 12.2 Å². The summed E-state index contributed by atoms with van der Waals surface area (Å²) in [4.78, 5) is -0.416. The van der Waals surface area contributed by atoms with Crippen LogP contribution in [-0.2, 0) is 16.6 Å². The third-order valence-electron chi connectivity index (χ3n) is 3.69. The summed E-state index contributed by atoms with van der Waals surface area (Å²) in [5.74, 6) is -0.513. The molecule has 0 bridgehead atoms. The van der Waals surface area contributed by atoms with E-state index in [2.05, 4.69) is 20.0 Å². The van der Waals surface area contributed by atoms with Crippen molar-refractivity contribution in [2.75, 3.05) is 0 Å². The molecule has 0 saturated heterocycles. The van der Waals surface area contributed by atoms with Crippen LogP contribution in [0.25, 0.3) is 16.9 Å². The molecular formula is C16H12FN5O2S2. The molecule has 0 saturated carbocycles. The molecule has 0 atom stereocenters. The average Bonchev–Trinajstić information content (AvgIpc) is 3.30. The maximum absolute atomic E-state index is 13.8. The van der Waals surface area contributed by atoms with Crippen LogP contribution in [0.1, 0.15) is 5.82 Å². The summed E-state index contributed by atoms with van der Waals surface area (Å²) in [5.41, 5.74) is 2.16. The summed E-state index contributed by atoms with van der Waals surface area (Å²) >= 11 is 1.55. The number of aromatic nitrogens is 4. The van der Waals surface area contributed by atoms with Gasteiger partial charge in [-0.1, -0.05) is 12.1 Å². The Kier molecular flexibility index (Phi) is 4.23. The second-order valence-electron chi connectivity index (χ2n) is 5.37. The topological polar surface area (TPSA) is 89.2 Å². The van der Waals surface area contributed by atoms with Crippen LogP contribution in [0.15, 0.2) is 58.1 Å². The number of thiophene rings is 1. The SMILES string of the molecule is O=S(=O)(NCc1nnc2ccc(-c3ccsc3)nn12)c1ccccc1F. The van der Waals surface area contributed by atoms with E-state index in [1.807, 2.05) is 22.9 Å². The normalized spacial score (nSPS) is 11.9. The molecule has 7 nitrogen and oxygen atoms in total. The van der Waals surface area contributed by atoms with Gasteiger partial charge in [0.1, 0.15) is 10.7 Å². The Morgan fingerprint density at radius 3 is 2.73 bits per heavy atom. The molecule has 0 aliphatic rings. The zero-order valence-corrected chi connectivity index (χ0v) is 14.8. The Morgan fingerprint density at radius 1 is 1.12 bits per heavy atom. The quantitative estimate of drug-likeness (QED) is 0.566. The number of fused-ring (bicyclic) bond motifs is 1. The third kappa shape index (κ3) is 3.09. The summed E-state index contributed by atoms with van der Waals surface area (Å²) in [5, 5.41) is 16.3. The highest BCUT2D eigenvalue weighted by molar-refractivity contribution is 7.89. The van der Waals surface area contributed by atoms with Crippen molar-refractivity contribution in [3.63, 3.8) is 0 Å². The molecule has 0 aliphatic carbocycles. The van der Waals surface area contributed by atoms with Crippen LogP contribution in [0, 0.1) is 5.82 Å². The van der Waals surface area contributed by atoms with Crippen molar-refractivity contribution in [3.8, 4) is 11.3 Å². The van der Waals surface area contributed by atoms with Gasteiger partial charge in [-0.3, -0.25) is 0 Å². The molecule has 1 N–H and O–H groups in total. The van der Waals surface area contributed by atoms with E-state index < -0.39 is 20.7 Å². The smallest absolute Gasteiger partial charge is 0.207 e. The first-order chi connectivity index (χ1) is 12.5. The van der Waals surface area contributed by atoms with Crippen molar-refractivity contribution in [1.29, 1.82) is 0 Å². The number of benzene rings is 1. The van der Waals surface area contributed by atoms with Gasteiger partial charge in [-0.15, -0.1) is 10.2 Å². The molecule has 4 aromatic rings. The maximum Gasteiger partial charge on any atom is 0.243 e. The number of hydrogen-bond donors (Lipinski definition) is 1. The van der Waals surface area contributed by atoms with Crippen molar-refractivity contribution in [2.24, 2.45) is 0 Å². The number of nitrogens with one attached hydrogen (secondary N) is 1. The second-order valence-corrected chi connectivity index (χ2v) is 7.89. The number of halogens is 1. The summed E-state index contributed by atoms with van der Waals surface area (Å²) in [7, 11) is -4.02. The van der Waals surface area contributed by atoms with Gasteiger partial charge in [-0.2, -0.15) is 21.0 Å². The van der Waals surface area contributed by atoms with E-state index in [1.54, 1.807) is 17.4 Å². The Morgan fingerprint density at radius 2 is 1.96 bits per heavy atom. The van der Waals surface area contributed by atoms with Gasteiger partial charge in [0.25, 0.3) is 0 Å². The molecule has 132 valence electrons. The van der Waals surface area contributed by atoms with Gasteiger partial charge in [0.2, 0.25) is 10.0 Å². The lowest BCUT2D eigenvalue weighted by atomic mass is 10.2. The van der Waals surface area contributed by atoms with Gasteiger partial charge < -0.3 is 0 Å². The Bertz CT molecular complexity index is 1170. The molecule has 3 aromatic heterocycles. The number of nitrogens with zero attached hydrogens (tertiary/aromatic N) is 4. The molecular weight excluding hydrogens is 377 g/mol. The molecule has 10 heteroatoms. The van der Waals surface area contributed by atoms with Crippen molar-refractivity contribution in [2.45, 2.75) is 11.4 Å². The molecule has 0 radical (unpaired) electrons. The fourth-order valence-electron chi connectivity index (χ4n) is 2.41. The van der Waals surface area contributed by atoms with Crippen molar-refractivity contribution < 1.29 is 12.8 Å². The molecule has 0 spiro atoms. The Labute approximate surface area is 152 Å². The van der Waals surface area contributed by atoms with Crippen LogP contribution in [0.2, 0.25) is 0 Å². The van der Waals surface area contributed by atoms with Crippen LogP contribution in [0.3, 0.4) is 0 Å². The molecule has 0 unspecified atom stereocenters. The summed E-state index contributed by atoms with van der Waals surface area (Å²) < 4.78 is 42.2. The highest BCUT2D eigenvalue weighted by Crippen LogP contribution is 2.20. The van der Waals surface area contributed by atoms with E-state index in [1.165, 1.54) is 22.7 Å². The van der Waals surface area contributed by atoms with Gasteiger partial charge in [-0.05, 0) is 35.7 Å². The Balaban J connectivity index is 1.63. The van der Waals surface area contributed by atoms with Crippen molar-refractivity contribution >= 4 is 27.0 Å². The minimum absolute atomic E-state index is 0.169. The molecule has 1 aromatic carbocycles. The molecule has 0 fully saturated rings. The average molecular weight is 389 g/mol. The van der Waals surface area contributed by atoms with Crippen LogP contribution in [0.5, 0.6) is 0 Å². The Hall–Kier alpha value is -2.69. The van der Waals surface area contributed by atoms with E-state index in [0.29, 0.717) is 11.5 Å². The van der Waals surface area contributed by atoms with Crippen molar-refractivity contribution in [3.05, 3.63) is 64.9 Å². The lowest BCUT2D eigenvalue weighted by Gasteiger charge is -2.07. The fourth-order valence-corrected chi connectivity index (χ4v) is 4.11. The minimum Gasteiger partial charge on any atom is -0.207 e. The number of hydrogen-bond acceptors (Lipinski definition) is 6. The molecule has 0 aliphatic heterocycles. The lowest BCUT2D eigenvalue weighted by Crippen LogP contribution is -2.25. The lowest BCUT2D eigenvalue weighted by molar-refractivity contribution is 0.554. The van der Waals surface area contributed by atoms with Crippen LogP contribution >= 0.6 is 11.3 Å². The zero-order valence-electron chi connectivity index (χ0n) is 13.2. The third-order valence-corrected chi connectivity index (χ3v) is 5.81. The first-order valence-electron chi connectivity index (χ1n) is 7.53. The first-order valence-corrected chi connectivity index (χ1v) is 9.95. The van der Waals surface area contributed by atoms with Gasteiger partial charge in [-0.25, -0.2) is 17.5 Å². The highest BCUT2D eigenvalue weighted by Gasteiger charge is 2.19. The van der Waals surface area contributed by atoms with Gasteiger partial charge in [0, 0.05) is 10.9 Å². The highest BCUT2D eigenvalue weighted by atomic mass is 32.2. The van der Waals surface area contributed by atoms with E-state index >= 15 is 0 Å². The van der Waals surface area contributed by atoms with E-state index in [4.69, 9.17) is 0 Å². The standard InChI is InChI=1S/C16H12FN5O2S2/c17-12-3-1-2-4-14(12)26(23,24)18-9-16-20-19-15-6-5-13(21-22(15)16)11-7-8-25-10-11/h1-8,10,18H,9H2. The summed E-state index contributed by atoms with van der Waals surface area (Å²) in [6.07, 6.45) is 0. The number of sulfonamides is 1. The van der Waals surface area contributed by atoms with Gasteiger partial charge >= 0.3 is 0 Å². The first kappa shape index (κ1) is 16.8. The van der Waals surface area contributed by atoms with E-state index in [-0.39, 0.29) is 6.54 Å². The largest absolute Gasteiger partial charge is 0.243 e. The molecule has 26 heavy (non-hydrogen) atoms. The second kappa shape index (κ2) is 6.56. The van der Waals surface area contributed by atoms with Crippen molar-refractivity contribution in [1.82, 2.24) is 24.5 Å². The van der Waals surface area contributed by atoms with E-state index in [0.717, 1.165) is 17.3 Å². The van der Waals surface area contributed by atoms with Crippen LogP contribution < -0.4 is 4.72 Å².